The van der Waals surface area contributed by atoms with Crippen LogP contribution in [0.15, 0.2) is 18.5 Å². The molecule has 0 saturated heterocycles. The van der Waals surface area contributed by atoms with E-state index < -0.39 is 0 Å². The zero-order valence-corrected chi connectivity index (χ0v) is 8.97. The van der Waals surface area contributed by atoms with Crippen LogP contribution in [0.5, 0.6) is 0 Å². The van der Waals surface area contributed by atoms with Gasteiger partial charge >= 0.3 is 0 Å². The number of pyridine rings is 1. The highest BCUT2D eigenvalue weighted by Crippen LogP contribution is 2.27. The number of halogens is 1. The van der Waals surface area contributed by atoms with Crippen molar-refractivity contribution < 1.29 is 4.39 Å². The van der Waals surface area contributed by atoms with Crippen molar-refractivity contribution >= 4 is 0 Å². The molecule has 0 aromatic carbocycles. The Kier molecular flexibility index (Phi) is 3.58. The van der Waals surface area contributed by atoms with Crippen molar-refractivity contribution in [3.63, 3.8) is 0 Å². The Hall–Kier alpha value is -0.960. The lowest BCUT2D eigenvalue weighted by atomic mass is 9.82. The maximum atomic E-state index is 13.4. The van der Waals surface area contributed by atoms with E-state index >= 15 is 0 Å². The Balaban J connectivity index is 2.86. The predicted octanol–water partition coefficient (Wildman–Crippen LogP) is 2.11. The summed E-state index contributed by atoms with van der Waals surface area (Å²) in [6, 6.07) is 1.75. The molecule has 0 atom stereocenters. The van der Waals surface area contributed by atoms with Gasteiger partial charge in [-0.05, 0) is 37.1 Å². The normalized spacial score (nSPS) is 11.7. The summed E-state index contributed by atoms with van der Waals surface area (Å²) in [5.41, 5.74) is 0.596. The molecule has 0 aliphatic heterocycles. The molecule has 0 amide bonds. The molecule has 1 aromatic heterocycles. The van der Waals surface area contributed by atoms with Crippen LogP contribution in [0, 0.1) is 5.82 Å². The number of hydrogen-bond donors (Lipinski definition) is 1. The van der Waals surface area contributed by atoms with E-state index in [2.05, 4.69) is 10.3 Å². The SMILES string of the molecule is CNCCC(C)(C)c1ccncc1F. The lowest BCUT2D eigenvalue weighted by Crippen LogP contribution is -2.24. The highest BCUT2D eigenvalue weighted by molar-refractivity contribution is 5.22. The molecule has 0 unspecified atom stereocenters. The summed E-state index contributed by atoms with van der Waals surface area (Å²) in [6.07, 6.45) is 3.82. The highest BCUT2D eigenvalue weighted by atomic mass is 19.1. The molecule has 14 heavy (non-hydrogen) atoms. The third kappa shape index (κ3) is 2.51. The summed E-state index contributed by atoms with van der Waals surface area (Å²) in [5.74, 6) is -0.214. The van der Waals surface area contributed by atoms with Crippen LogP contribution < -0.4 is 5.32 Å². The molecular formula is C11H17FN2. The zero-order chi connectivity index (χ0) is 10.6. The van der Waals surface area contributed by atoms with E-state index in [0.29, 0.717) is 0 Å². The van der Waals surface area contributed by atoms with Gasteiger partial charge in [-0.1, -0.05) is 13.8 Å². The first-order chi connectivity index (χ1) is 6.58. The fraction of sp³-hybridized carbons (Fsp3) is 0.545. The number of hydrogen-bond acceptors (Lipinski definition) is 2. The third-order valence-corrected chi connectivity index (χ3v) is 2.50. The van der Waals surface area contributed by atoms with Gasteiger partial charge in [-0.15, -0.1) is 0 Å². The Morgan fingerprint density at radius 3 is 2.79 bits per heavy atom. The van der Waals surface area contributed by atoms with E-state index in [4.69, 9.17) is 0 Å². The van der Waals surface area contributed by atoms with E-state index in [1.165, 1.54) is 6.20 Å². The van der Waals surface area contributed by atoms with Crippen LogP contribution in [0.3, 0.4) is 0 Å². The lowest BCUT2D eigenvalue weighted by molar-refractivity contribution is 0.441. The Labute approximate surface area is 84.6 Å². The van der Waals surface area contributed by atoms with Gasteiger partial charge in [-0.2, -0.15) is 0 Å². The van der Waals surface area contributed by atoms with Crippen LogP contribution in [0.25, 0.3) is 0 Å². The second-order valence-corrected chi connectivity index (χ2v) is 4.09. The lowest BCUT2D eigenvalue weighted by Gasteiger charge is -2.25. The molecule has 0 radical (unpaired) electrons. The molecule has 0 aliphatic rings. The van der Waals surface area contributed by atoms with E-state index in [1.54, 1.807) is 12.3 Å². The Morgan fingerprint density at radius 1 is 1.50 bits per heavy atom. The third-order valence-electron chi connectivity index (χ3n) is 2.50. The van der Waals surface area contributed by atoms with Crippen LogP contribution in [-0.2, 0) is 5.41 Å². The molecule has 1 N–H and O–H groups in total. The van der Waals surface area contributed by atoms with Gasteiger partial charge in [0.25, 0.3) is 0 Å². The first kappa shape index (κ1) is 11.1. The molecule has 1 rings (SSSR count). The van der Waals surface area contributed by atoms with Crippen molar-refractivity contribution in [2.24, 2.45) is 0 Å². The standard InChI is InChI=1S/C11H17FN2/c1-11(2,5-7-13-3)9-4-6-14-8-10(9)12/h4,6,8,13H,5,7H2,1-3H3. The summed E-state index contributed by atoms with van der Waals surface area (Å²) >= 11 is 0. The van der Waals surface area contributed by atoms with E-state index in [1.807, 2.05) is 20.9 Å². The maximum absolute atomic E-state index is 13.4. The van der Waals surface area contributed by atoms with Crippen LogP contribution in [0.2, 0.25) is 0 Å². The fourth-order valence-corrected chi connectivity index (χ4v) is 1.50. The van der Waals surface area contributed by atoms with Crippen LogP contribution in [0.4, 0.5) is 4.39 Å². The minimum Gasteiger partial charge on any atom is -0.320 e. The van der Waals surface area contributed by atoms with Crippen molar-refractivity contribution in [3.8, 4) is 0 Å². The molecule has 1 heterocycles. The minimum atomic E-state index is -0.214. The minimum absolute atomic E-state index is 0.143. The average Bonchev–Trinajstić information content (AvgIpc) is 2.15. The van der Waals surface area contributed by atoms with Crippen molar-refractivity contribution in [2.45, 2.75) is 25.7 Å². The van der Waals surface area contributed by atoms with E-state index in [-0.39, 0.29) is 11.2 Å². The second kappa shape index (κ2) is 4.51. The fourth-order valence-electron chi connectivity index (χ4n) is 1.50. The summed E-state index contributed by atoms with van der Waals surface area (Å²) in [6.45, 7) is 4.97. The number of nitrogens with one attached hydrogen (secondary N) is 1. The highest BCUT2D eigenvalue weighted by Gasteiger charge is 2.23. The van der Waals surface area contributed by atoms with Gasteiger partial charge in [0, 0.05) is 6.20 Å². The number of aromatic nitrogens is 1. The quantitative estimate of drug-likeness (QED) is 0.797. The number of nitrogens with zero attached hydrogens (tertiary/aromatic N) is 1. The summed E-state index contributed by atoms with van der Waals surface area (Å²) < 4.78 is 13.4. The van der Waals surface area contributed by atoms with Crippen LogP contribution in [0.1, 0.15) is 25.8 Å². The molecule has 0 saturated carbocycles. The summed E-state index contributed by atoms with van der Waals surface area (Å²) in [7, 11) is 1.90. The van der Waals surface area contributed by atoms with E-state index in [9.17, 15) is 4.39 Å². The Bertz CT molecular complexity index is 297. The topological polar surface area (TPSA) is 24.9 Å². The Morgan fingerprint density at radius 2 is 2.21 bits per heavy atom. The van der Waals surface area contributed by atoms with Crippen molar-refractivity contribution in [1.29, 1.82) is 0 Å². The average molecular weight is 196 g/mol. The maximum Gasteiger partial charge on any atom is 0.145 e. The molecular weight excluding hydrogens is 179 g/mol. The van der Waals surface area contributed by atoms with Gasteiger partial charge in [0.2, 0.25) is 0 Å². The van der Waals surface area contributed by atoms with Crippen molar-refractivity contribution in [1.82, 2.24) is 10.3 Å². The molecule has 0 aliphatic carbocycles. The van der Waals surface area contributed by atoms with Gasteiger partial charge in [0.05, 0.1) is 6.20 Å². The molecule has 2 nitrogen and oxygen atoms in total. The number of rotatable bonds is 4. The van der Waals surface area contributed by atoms with Gasteiger partial charge in [-0.3, -0.25) is 4.98 Å². The monoisotopic (exact) mass is 196 g/mol. The second-order valence-electron chi connectivity index (χ2n) is 4.09. The first-order valence-corrected chi connectivity index (χ1v) is 4.82. The summed E-state index contributed by atoms with van der Waals surface area (Å²) in [5, 5.41) is 3.07. The van der Waals surface area contributed by atoms with Crippen LogP contribution in [-0.4, -0.2) is 18.6 Å². The van der Waals surface area contributed by atoms with Crippen LogP contribution >= 0.6 is 0 Å². The van der Waals surface area contributed by atoms with Crippen molar-refractivity contribution in [2.75, 3.05) is 13.6 Å². The van der Waals surface area contributed by atoms with Gasteiger partial charge in [0.15, 0.2) is 0 Å². The van der Waals surface area contributed by atoms with Gasteiger partial charge in [0.1, 0.15) is 5.82 Å². The predicted molar refractivity (Wildman–Crippen MR) is 55.8 cm³/mol. The van der Waals surface area contributed by atoms with Crippen molar-refractivity contribution in [3.05, 3.63) is 29.8 Å². The zero-order valence-electron chi connectivity index (χ0n) is 8.97. The van der Waals surface area contributed by atoms with E-state index in [0.717, 1.165) is 18.5 Å². The molecule has 1 aromatic rings. The molecule has 3 heteroatoms. The molecule has 78 valence electrons. The summed E-state index contributed by atoms with van der Waals surface area (Å²) in [4.78, 5) is 3.75. The molecule has 0 bridgehead atoms. The largest absolute Gasteiger partial charge is 0.320 e. The smallest absolute Gasteiger partial charge is 0.145 e. The first-order valence-electron chi connectivity index (χ1n) is 4.82. The molecule has 0 spiro atoms. The van der Waals surface area contributed by atoms with Gasteiger partial charge in [-0.25, -0.2) is 4.39 Å². The molecule has 0 fully saturated rings. The van der Waals surface area contributed by atoms with Gasteiger partial charge < -0.3 is 5.32 Å².